The lowest BCUT2D eigenvalue weighted by Crippen LogP contribution is -2.34. The molecule has 5 nitrogen and oxygen atoms in total. The number of hydrogen-bond acceptors (Lipinski definition) is 4. The number of ether oxygens (including phenoxy) is 1. The van der Waals surface area contributed by atoms with Crippen LogP contribution in [0.5, 0.6) is 0 Å². The molecule has 0 atom stereocenters. The molecule has 1 fully saturated rings. The van der Waals surface area contributed by atoms with E-state index in [1.54, 1.807) is 4.90 Å². The van der Waals surface area contributed by atoms with Gasteiger partial charge in [0.05, 0.1) is 19.1 Å². The van der Waals surface area contributed by atoms with E-state index in [9.17, 15) is 4.79 Å². The van der Waals surface area contributed by atoms with Crippen LogP contribution in [0.3, 0.4) is 0 Å². The number of carbonyl (C=O) groups excluding carboxylic acids is 1. The third kappa shape index (κ3) is 6.33. The number of amides is 1. The van der Waals surface area contributed by atoms with Crippen molar-refractivity contribution in [2.24, 2.45) is 0 Å². The third-order valence-electron chi connectivity index (χ3n) is 3.30. The van der Waals surface area contributed by atoms with Gasteiger partial charge in [-0.2, -0.15) is 0 Å². The van der Waals surface area contributed by atoms with Gasteiger partial charge >= 0.3 is 0 Å². The predicted molar refractivity (Wildman–Crippen MR) is 72.6 cm³/mol. The Bertz CT molecular complexity index is 230. The second-order valence-electron chi connectivity index (χ2n) is 4.84. The van der Waals surface area contributed by atoms with Gasteiger partial charge < -0.3 is 20.3 Å². The lowest BCUT2D eigenvalue weighted by Gasteiger charge is -2.23. The van der Waals surface area contributed by atoms with Crippen molar-refractivity contribution in [1.29, 1.82) is 0 Å². The smallest absolute Gasteiger partial charge is 0.224 e. The van der Waals surface area contributed by atoms with Gasteiger partial charge in [-0.1, -0.05) is 0 Å². The second-order valence-corrected chi connectivity index (χ2v) is 4.84. The summed E-state index contributed by atoms with van der Waals surface area (Å²) in [5, 5.41) is 6.38. The van der Waals surface area contributed by atoms with Crippen molar-refractivity contribution in [3.63, 3.8) is 0 Å². The topological polar surface area (TPSA) is 53.6 Å². The first-order valence-corrected chi connectivity index (χ1v) is 6.95. The zero-order valence-corrected chi connectivity index (χ0v) is 11.7. The lowest BCUT2D eigenvalue weighted by molar-refractivity contribution is -0.131. The van der Waals surface area contributed by atoms with Gasteiger partial charge in [0.25, 0.3) is 0 Å². The molecule has 0 unspecified atom stereocenters. The van der Waals surface area contributed by atoms with Crippen molar-refractivity contribution < 1.29 is 9.53 Å². The van der Waals surface area contributed by atoms with Crippen molar-refractivity contribution in [1.82, 2.24) is 15.5 Å². The number of nitrogens with one attached hydrogen (secondary N) is 2. The third-order valence-corrected chi connectivity index (χ3v) is 3.30. The van der Waals surface area contributed by atoms with E-state index in [0.29, 0.717) is 19.1 Å². The van der Waals surface area contributed by atoms with Crippen LogP contribution in [0.1, 0.15) is 25.7 Å². The molecule has 1 amide bonds. The van der Waals surface area contributed by atoms with Gasteiger partial charge in [-0.05, 0) is 45.9 Å². The molecule has 0 aromatic rings. The van der Waals surface area contributed by atoms with Crippen LogP contribution in [0.4, 0.5) is 0 Å². The average Bonchev–Trinajstić information content (AvgIpc) is 2.40. The number of rotatable bonds is 8. The average molecular weight is 257 g/mol. The van der Waals surface area contributed by atoms with Crippen LogP contribution in [0.15, 0.2) is 0 Å². The van der Waals surface area contributed by atoms with Crippen LogP contribution in [-0.4, -0.2) is 63.8 Å². The molecule has 0 spiro atoms. The molecule has 2 N–H and O–H groups in total. The van der Waals surface area contributed by atoms with Crippen molar-refractivity contribution >= 4 is 5.91 Å². The monoisotopic (exact) mass is 257 g/mol. The Balaban J connectivity index is 2.04. The normalized spacial score (nSPS) is 16.8. The highest BCUT2D eigenvalue weighted by molar-refractivity contribution is 5.75. The first kappa shape index (κ1) is 15.4. The first-order valence-electron chi connectivity index (χ1n) is 6.95. The first-order chi connectivity index (χ1) is 8.74. The van der Waals surface area contributed by atoms with Crippen LogP contribution in [0.2, 0.25) is 0 Å². The molecule has 5 heteroatoms. The summed E-state index contributed by atoms with van der Waals surface area (Å²) in [6, 6.07) is 0. The van der Waals surface area contributed by atoms with E-state index in [2.05, 4.69) is 10.6 Å². The van der Waals surface area contributed by atoms with Gasteiger partial charge in [0.15, 0.2) is 0 Å². The molecule has 0 aromatic heterocycles. The molecule has 0 aliphatic carbocycles. The van der Waals surface area contributed by atoms with E-state index in [4.69, 9.17) is 4.74 Å². The Labute approximate surface area is 110 Å². The largest absolute Gasteiger partial charge is 0.378 e. The van der Waals surface area contributed by atoms with Gasteiger partial charge in [0, 0.05) is 13.6 Å². The Morgan fingerprint density at radius 2 is 2.17 bits per heavy atom. The highest BCUT2D eigenvalue weighted by atomic mass is 16.5. The molecule has 1 saturated heterocycles. The Hall–Kier alpha value is -0.650. The fourth-order valence-corrected chi connectivity index (χ4v) is 2.08. The zero-order chi connectivity index (χ0) is 13.2. The van der Waals surface area contributed by atoms with Crippen LogP contribution in [0.25, 0.3) is 0 Å². The minimum absolute atomic E-state index is 0.181. The highest BCUT2D eigenvalue weighted by Gasteiger charge is 2.14. The summed E-state index contributed by atoms with van der Waals surface area (Å²) in [7, 11) is 3.79. The Morgan fingerprint density at radius 3 is 2.83 bits per heavy atom. The molecule has 1 aliphatic rings. The minimum Gasteiger partial charge on any atom is -0.378 e. The Kier molecular flexibility index (Phi) is 7.96. The molecule has 0 saturated carbocycles. The predicted octanol–water partition coefficient (Wildman–Crippen LogP) is 0.213. The maximum Gasteiger partial charge on any atom is 0.224 e. The van der Waals surface area contributed by atoms with E-state index in [1.807, 2.05) is 14.1 Å². The molecule has 0 bridgehead atoms. The lowest BCUT2D eigenvalue weighted by atomic mass is 10.1. The van der Waals surface area contributed by atoms with Crippen LogP contribution in [-0.2, 0) is 9.53 Å². The van der Waals surface area contributed by atoms with E-state index in [0.717, 1.165) is 45.4 Å². The van der Waals surface area contributed by atoms with Crippen molar-refractivity contribution in [3.05, 3.63) is 0 Å². The van der Waals surface area contributed by atoms with Gasteiger partial charge in [-0.25, -0.2) is 0 Å². The summed E-state index contributed by atoms with van der Waals surface area (Å²) in [5.74, 6) is 0.181. The molecule has 0 radical (unpaired) electrons. The number of hydrogen-bond donors (Lipinski definition) is 2. The zero-order valence-electron chi connectivity index (χ0n) is 11.7. The van der Waals surface area contributed by atoms with Crippen molar-refractivity contribution in [2.45, 2.75) is 31.8 Å². The molecular weight excluding hydrogens is 230 g/mol. The fraction of sp³-hybridized carbons (Fsp3) is 0.923. The van der Waals surface area contributed by atoms with E-state index in [1.165, 1.54) is 0 Å². The fourth-order valence-electron chi connectivity index (χ4n) is 2.08. The van der Waals surface area contributed by atoms with Crippen LogP contribution in [0, 0.1) is 0 Å². The van der Waals surface area contributed by atoms with Crippen LogP contribution < -0.4 is 10.6 Å². The summed E-state index contributed by atoms with van der Waals surface area (Å²) >= 11 is 0. The van der Waals surface area contributed by atoms with Gasteiger partial charge in [-0.3, -0.25) is 4.79 Å². The van der Waals surface area contributed by atoms with E-state index in [-0.39, 0.29) is 5.91 Å². The molecular formula is C13H27N3O2. The molecule has 1 heterocycles. The molecule has 1 rings (SSSR count). The van der Waals surface area contributed by atoms with Gasteiger partial charge in [0.1, 0.15) is 0 Å². The number of carbonyl (C=O) groups is 1. The summed E-state index contributed by atoms with van der Waals surface area (Å²) in [6.45, 7) is 4.38. The number of piperidine rings is 1. The molecule has 0 aromatic carbocycles. The van der Waals surface area contributed by atoms with Gasteiger partial charge in [0.2, 0.25) is 5.91 Å². The maximum atomic E-state index is 11.8. The van der Waals surface area contributed by atoms with Crippen molar-refractivity contribution in [2.75, 3.05) is 46.9 Å². The van der Waals surface area contributed by atoms with Crippen LogP contribution >= 0.6 is 0 Å². The molecule has 1 aliphatic heterocycles. The summed E-state index contributed by atoms with van der Waals surface area (Å²) in [4.78, 5) is 13.6. The maximum absolute atomic E-state index is 11.8. The Morgan fingerprint density at radius 1 is 1.44 bits per heavy atom. The summed E-state index contributed by atoms with van der Waals surface area (Å²) in [6.07, 6.45) is 3.96. The van der Waals surface area contributed by atoms with Gasteiger partial charge in [-0.15, -0.1) is 0 Å². The second kappa shape index (κ2) is 9.30. The molecule has 106 valence electrons. The summed E-state index contributed by atoms with van der Waals surface area (Å²) in [5.41, 5.74) is 0. The quantitative estimate of drug-likeness (QED) is 0.611. The highest BCUT2D eigenvalue weighted by Crippen LogP contribution is 2.07. The minimum atomic E-state index is 0.181. The number of nitrogens with zero attached hydrogens (tertiary/aromatic N) is 1. The summed E-state index contributed by atoms with van der Waals surface area (Å²) < 4.78 is 5.73. The van der Waals surface area contributed by atoms with E-state index >= 15 is 0 Å². The standard InChI is InChI=1S/C13H27N3O2/c1-14-7-3-10-16(2)13(17)6-11-18-12-4-8-15-9-5-12/h12,14-15H,3-11H2,1-2H3. The van der Waals surface area contributed by atoms with Crippen molar-refractivity contribution in [3.8, 4) is 0 Å². The SMILES string of the molecule is CNCCCN(C)C(=O)CCOC1CCNCC1. The van der Waals surface area contributed by atoms with E-state index < -0.39 is 0 Å². The molecule has 18 heavy (non-hydrogen) atoms.